The van der Waals surface area contributed by atoms with Crippen LogP contribution >= 0.6 is 0 Å². The number of nitrogens with zero attached hydrogens (tertiary/aromatic N) is 1. The molecular weight excluding hydrogens is 187 g/mol. The summed E-state index contributed by atoms with van der Waals surface area (Å²) in [6.07, 6.45) is 0. The van der Waals surface area contributed by atoms with Gasteiger partial charge >= 0.3 is 0 Å². The maximum Gasteiger partial charge on any atom is 0 e. The van der Waals surface area contributed by atoms with Crippen molar-refractivity contribution in [1.29, 1.82) is 0 Å². The molecule has 0 aliphatic rings. The van der Waals surface area contributed by atoms with Crippen molar-refractivity contribution in [2.75, 3.05) is 19.6 Å². The van der Waals surface area contributed by atoms with Gasteiger partial charge in [-0.15, -0.1) is 0 Å². The van der Waals surface area contributed by atoms with E-state index < -0.39 is 0 Å². The van der Waals surface area contributed by atoms with Gasteiger partial charge in [0.1, 0.15) is 0 Å². The van der Waals surface area contributed by atoms with E-state index in [0.717, 1.165) is 0 Å². The van der Waals surface area contributed by atoms with Gasteiger partial charge in [0.25, 0.3) is 0 Å². The van der Waals surface area contributed by atoms with Gasteiger partial charge < -0.3 is 4.90 Å². The first-order chi connectivity index (χ1) is 3.35. The summed E-state index contributed by atoms with van der Waals surface area (Å²) in [5.41, 5.74) is 0. The molecule has 2 heteroatoms. The minimum absolute atomic E-state index is 0. The summed E-state index contributed by atoms with van der Waals surface area (Å²) >= 11 is 0. The molecule has 0 saturated carbocycles. The molecule has 0 saturated heterocycles. The Bertz CT molecular complexity index is 30.0. The minimum Gasteiger partial charge on any atom is -0.304 e. The van der Waals surface area contributed by atoms with Crippen LogP contribution in [0.2, 0.25) is 0 Å². The molecular formula is C6H15NRu. The van der Waals surface area contributed by atoms with E-state index >= 15 is 0 Å². The summed E-state index contributed by atoms with van der Waals surface area (Å²) < 4.78 is 0. The molecule has 0 N–H and O–H groups in total. The average molecular weight is 202 g/mol. The Morgan fingerprint density at radius 3 is 1.12 bits per heavy atom. The van der Waals surface area contributed by atoms with Crippen LogP contribution in [0.3, 0.4) is 0 Å². The van der Waals surface area contributed by atoms with E-state index in [-0.39, 0.29) is 19.5 Å². The molecule has 0 aromatic carbocycles. The number of hydrogen-bond donors (Lipinski definition) is 0. The third kappa shape index (κ3) is 4.74. The molecule has 0 unspecified atom stereocenters. The standard InChI is InChI=1S/C6H15N.Ru/c1-4-7(5-2)6-3;/h4-6H2,1-3H3;. The van der Waals surface area contributed by atoms with Gasteiger partial charge in [0.15, 0.2) is 0 Å². The van der Waals surface area contributed by atoms with Gasteiger partial charge in [-0.2, -0.15) is 0 Å². The Kier molecular flexibility index (Phi) is 10.8. The van der Waals surface area contributed by atoms with Crippen molar-refractivity contribution in [1.82, 2.24) is 4.90 Å². The Hall–Kier alpha value is 0.583. The smallest absolute Gasteiger partial charge is 0 e. The van der Waals surface area contributed by atoms with Crippen LogP contribution < -0.4 is 0 Å². The first kappa shape index (κ1) is 11.4. The fraction of sp³-hybridized carbons (Fsp3) is 1.00. The molecule has 0 atom stereocenters. The van der Waals surface area contributed by atoms with Gasteiger partial charge in [-0.05, 0) is 19.6 Å². The third-order valence-electron chi connectivity index (χ3n) is 1.34. The predicted molar refractivity (Wildman–Crippen MR) is 33.5 cm³/mol. The van der Waals surface area contributed by atoms with E-state index in [9.17, 15) is 0 Å². The van der Waals surface area contributed by atoms with E-state index in [1.165, 1.54) is 19.6 Å². The first-order valence-electron chi connectivity index (χ1n) is 3.07. The molecule has 0 rings (SSSR count). The molecule has 0 amide bonds. The van der Waals surface area contributed by atoms with Crippen molar-refractivity contribution < 1.29 is 19.5 Å². The Labute approximate surface area is 65.2 Å². The van der Waals surface area contributed by atoms with Crippen LogP contribution in [0, 0.1) is 0 Å². The summed E-state index contributed by atoms with van der Waals surface area (Å²) in [4.78, 5) is 2.38. The Morgan fingerprint density at radius 1 is 0.875 bits per heavy atom. The van der Waals surface area contributed by atoms with E-state index in [2.05, 4.69) is 25.7 Å². The summed E-state index contributed by atoms with van der Waals surface area (Å²) in [6, 6.07) is 0. The van der Waals surface area contributed by atoms with Crippen molar-refractivity contribution in [3.63, 3.8) is 0 Å². The van der Waals surface area contributed by atoms with Crippen LogP contribution in [-0.2, 0) is 19.5 Å². The normalized spacial score (nSPS) is 9.00. The predicted octanol–water partition coefficient (Wildman–Crippen LogP) is 1.35. The Morgan fingerprint density at radius 2 is 1.12 bits per heavy atom. The summed E-state index contributed by atoms with van der Waals surface area (Å²) in [7, 11) is 0. The summed E-state index contributed by atoms with van der Waals surface area (Å²) in [6.45, 7) is 10.1. The summed E-state index contributed by atoms with van der Waals surface area (Å²) in [5.74, 6) is 0. The zero-order valence-electron chi connectivity index (χ0n) is 5.92. The molecule has 0 aliphatic carbocycles. The van der Waals surface area contributed by atoms with Gasteiger partial charge in [-0.1, -0.05) is 20.8 Å². The molecule has 0 aliphatic heterocycles. The molecule has 52 valence electrons. The fourth-order valence-electron chi connectivity index (χ4n) is 0.671. The molecule has 8 heavy (non-hydrogen) atoms. The van der Waals surface area contributed by atoms with Crippen molar-refractivity contribution in [3.05, 3.63) is 0 Å². The van der Waals surface area contributed by atoms with Crippen LogP contribution in [0.5, 0.6) is 0 Å². The van der Waals surface area contributed by atoms with Crippen molar-refractivity contribution in [2.45, 2.75) is 20.8 Å². The second-order valence-corrected chi connectivity index (χ2v) is 1.62. The minimum atomic E-state index is 0. The van der Waals surface area contributed by atoms with Crippen molar-refractivity contribution in [3.8, 4) is 0 Å². The van der Waals surface area contributed by atoms with Crippen LogP contribution in [0.15, 0.2) is 0 Å². The first-order valence-corrected chi connectivity index (χ1v) is 3.07. The molecule has 0 heterocycles. The van der Waals surface area contributed by atoms with Gasteiger partial charge in [0.05, 0.1) is 0 Å². The number of hydrogen-bond acceptors (Lipinski definition) is 1. The van der Waals surface area contributed by atoms with E-state index in [1.54, 1.807) is 0 Å². The molecule has 0 bridgehead atoms. The second-order valence-electron chi connectivity index (χ2n) is 1.62. The zero-order valence-corrected chi connectivity index (χ0v) is 7.66. The quantitative estimate of drug-likeness (QED) is 0.624. The maximum absolute atomic E-state index is 2.38. The monoisotopic (exact) mass is 203 g/mol. The van der Waals surface area contributed by atoms with Gasteiger partial charge in [-0.25, -0.2) is 0 Å². The van der Waals surface area contributed by atoms with Crippen molar-refractivity contribution in [2.24, 2.45) is 0 Å². The Balaban J connectivity index is 0. The van der Waals surface area contributed by atoms with E-state index in [4.69, 9.17) is 0 Å². The molecule has 1 nitrogen and oxygen atoms in total. The fourth-order valence-corrected chi connectivity index (χ4v) is 0.671. The molecule has 0 radical (unpaired) electrons. The third-order valence-corrected chi connectivity index (χ3v) is 1.34. The molecule has 0 aromatic rings. The molecule has 0 spiro atoms. The van der Waals surface area contributed by atoms with E-state index in [0.29, 0.717) is 0 Å². The zero-order chi connectivity index (χ0) is 5.70. The molecule has 0 aromatic heterocycles. The van der Waals surface area contributed by atoms with Crippen LogP contribution in [-0.4, -0.2) is 24.5 Å². The van der Waals surface area contributed by atoms with Crippen molar-refractivity contribution >= 4 is 0 Å². The number of rotatable bonds is 3. The van der Waals surface area contributed by atoms with Gasteiger partial charge in [-0.3, -0.25) is 0 Å². The maximum atomic E-state index is 2.38. The van der Waals surface area contributed by atoms with E-state index in [1.807, 2.05) is 0 Å². The second kappa shape index (κ2) is 7.58. The molecule has 0 fully saturated rings. The van der Waals surface area contributed by atoms with Gasteiger partial charge in [0.2, 0.25) is 0 Å². The van der Waals surface area contributed by atoms with Crippen LogP contribution in [0.25, 0.3) is 0 Å². The average Bonchev–Trinajstić information content (AvgIpc) is 1.72. The van der Waals surface area contributed by atoms with Crippen LogP contribution in [0.1, 0.15) is 20.8 Å². The topological polar surface area (TPSA) is 3.24 Å². The van der Waals surface area contributed by atoms with Crippen LogP contribution in [0.4, 0.5) is 0 Å². The summed E-state index contributed by atoms with van der Waals surface area (Å²) in [5, 5.41) is 0. The largest absolute Gasteiger partial charge is 0.304 e. The SMILES string of the molecule is CCN(CC)CC.[Ru]. The van der Waals surface area contributed by atoms with Gasteiger partial charge in [0, 0.05) is 19.5 Å².